The molecule has 2 N–H and O–H groups in total. The molecule has 0 radical (unpaired) electrons. The summed E-state index contributed by atoms with van der Waals surface area (Å²) in [6.07, 6.45) is 0.135. The standard InChI is InChI=1S/C14H21BrN2O2/c1-10(16)14-9-17(5-6-19-14)8-11-3-4-13(18-2)12(15)7-11/h3-4,7,10,14H,5-6,8-9,16H2,1-2H3. The molecule has 1 aromatic carbocycles. The molecule has 0 aliphatic carbocycles. The highest BCUT2D eigenvalue weighted by Crippen LogP contribution is 2.26. The van der Waals surface area contributed by atoms with E-state index in [0.29, 0.717) is 0 Å². The summed E-state index contributed by atoms with van der Waals surface area (Å²) in [6.45, 7) is 5.50. The van der Waals surface area contributed by atoms with Crippen LogP contribution < -0.4 is 10.5 Å². The van der Waals surface area contributed by atoms with E-state index in [4.69, 9.17) is 15.2 Å². The Morgan fingerprint density at radius 1 is 1.58 bits per heavy atom. The Kier molecular flexibility index (Phi) is 5.21. The lowest BCUT2D eigenvalue weighted by atomic mass is 10.1. The molecule has 1 saturated heterocycles. The zero-order chi connectivity index (χ0) is 13.8. The van der Waals surface area contributed by atoms with Crippen LogP contribution in [0.5, 0.6) is 5.75 Å². The van der Waals surface area contributed by atoms with Gasteiger partial charge in [0, 0.05) is 25.7 Å². The third-order valence-electron chi connectivity index (χ3n) is 3.39. The maximum Gasteiger partial charge on any atom is 0.133 e. The van der Waals surface area contributed by atoms with Crippen molar-refractivity contribution in [3.8, 4) is 5.75 Å². The third kappa shape index (κ3) is 3.92. The Balaban J connectivity index is 1.98. The summed E-state index contributed by atoms with van der Waals surface area (Å²) in [4.78, 5) is 2.38. The predicted octanol–water partition coefficient (Wildman–Crippen LogP) is 2.01. The lowest BCUT2D eigenvalue weighted by Crippen LogP contribution is -2.49. The van der Waals surface area contributed by atoms with E-state index in [9.17, 15) is 0 Å². The number of nitrogens with zero attached hydrogens (tertiary/aromatic N) is 1. The monoisotopic (exact) mass is 328 g/mol. The van der Waals surface area contributed by atoms with Crippen molar-refractivity contribution in [2.75, 3.05) is 26.8 Å². The molecule has 1 aliphatic heterocycles. The first-order valence-corrected chi connectivity index (χ1v) is 7.31. The van der Waals surface area contributed by atoms with E-state index in [1.165, 1.54) is 5.56 Å². The number of rotatable bonds is 4. The Morgan fingerprint density at radius 3 is 3.00 bits per heavy atom. The van der Waals surface area contributed by atoms with Gasteiger partial charge in [0.25, 0.3) is 0 Å². The van der Waals surface area contributed by atoms with Crippen molar-refractivity contribution in [1.82, 2.24) is 4.90 Å². The Hall–Kier alpha value is -0.620. The second-order valence-corrected chi connectivity index (χ2v) is 5.83. The largest absolute Gasteiger partial charge is 0.496 e. The minimum Gasteiger partial charge on any atom is -0.496 e. The van der Waals surface area contributed by atoms with Gasteiger partial charge in [0.05, 0.1) is 24.3 Å². The van der Waals surface area contributed by atoms with E-state index >= 15 is 0 Å². The fraction of sp³-hybridized carbons (Fsp3) is 0.571. The summed E-state index contributed by atoms with van der Waals surface area (Å²) in [5, 5.41) is 0. The fourth-order valence-electron chi connectivity index (χ4n) is 2.26. The normalized spacial score (nSPS) is 22.2. The molecule has 0 bridgehead atoms. The first-order chi connectivity index (χ1) is 9.10. The van der Waals surface area contributed by atoms with Crippen LogP contribution in [-0.2, 0) is 11.3 Å². The average Bonchev–Trinajstić information content (AvgIpc) is 2.39. The van der Waals surface area contributed by atoms with Gasteiger partial charge in [-0.1, -0.05) is 6.07 Å². The van der Waals surface area contributed by atoms with E-state index in [1.807, 2.05) is 13.0 Å². The Bertz CT molecular complexity index is 426. The number of morpholine rings is 1. The van der Waals surface area contributed by atoms with Gasteiger partial charge in [0.2, 0.25) is 0 Å². The third-order valence-corrected chi connectivity index (χ3v) is 4.01. The molecule has 5 heteroatoms. The number of halogens is 1. The molecule has 1 aromatic rings. The van der Waals surface area contributed by atoms with Crippen molar-refractivity contribution in [3.05, 3.63) is 28.2 Å². The van der Waals surface area contributed by atoms with Gasteiger partial charge in [0.1, 0.15) is 5.75 Å². The predicted molar refractivity (Wildman–Crippen MR) is 79.4 cm³/mol. The van der Waals surface area contributed by atoms with Gasteiger partial charge in [-0.25, -0.2) is 0 Å². The first-order valence-electron chi connectivity index (χ1n) is 6.52. The van der Waals surface area contributed by atoms with Crippen molar-refractivity contribution in [1.29, 1.82) is 0 Å². The van der Waals surface area contributed by atoms with Crippen LogP contribution in [0.1, 0.15) is 12.5 Å². The van der Waals surface area contributed by atoms with Crippen LogP contribution >= 0.6 is 15.9 Å². The molecule has 106 valence electrons. The van der Waals surface area contributed by atoms with E-state index in [1.54, 1.807) is 7.11 Å². The van der Waals surface area contributed by atoms with Gasteiger partial charge < -0.3 is 15.2 Å². The van der Waals surface area contributed by atoms with Crippen LogP contribution in [0, 0.1) is 0 Å². The van der Waals surface area contributed by atoms with Crippen LogP contribution in [0.4, 0.5) is 0 Å². The minimum atomic E-state index is 0.0744. The average molecular weight is 329 g/mol. The SMILES string of the molecule is COc1ccc(CN2CCOC(C(C)N)C2)cc1Br. The van der Waals surface area contributed by atoms with E-state index in [2.05, 4.69) is 33.0 Å². The summed E-state index contributed by atoms with van der Waals surface area (Å²) in [7, 11) is 1.68. The van der Waals surface area contributed by atoms with Crippen LogP contribution in [0.3, 0.4) is 0 Å². The van der Waals surface area contributed by atoms with Gasteiger partial charge in [-0.3, -0.25) is 4.90 Å². The van der Waals surface area contributed by atoms with Crippen LogP contribution in [-0.4, -0.2) is 43.9 Å². The van der Waals surface area contributed by atoms with Gasteiger partial charge in [-0.15, -0.1) is 0 Å². The maximum atomic E-state index is 5.91. The summed E-state index contributed by atoms with van der Waals surface area (Å²) in [5.41, 5.74) is 7.17. The van der Waals surface area contributed by atoms with Crippen LogP contribution in [0.25, 0.3) is 0 Å². The number of hydrogen-bond donors (Lipinski definition) is 1. The zero-order valence-electron chi connectivity index (χ0n) is 11.4. The highest BCUT2D eigenvalue weighted by molar-refractivity contribution is 9.10. The van der Waals surface area contributed by atoms with Gasteiger partial charge in [-0.2, -0.15) is 0 Å². The smallest absolute Gasteiger partial charge is 0.133 e. The Morgan fingerprint density at radius 2 is 2.37 bits per heavy atom. The van der Waals surface area contributed by atoms with Crippen molar-refractivity contribution >= 4 is 15.9 Å². The molecule has 1 fully saturated rings. The quantitative estimate of drug-likeness (QED) is 0.918. The molecule has 2 rings (SSSR count). The molecule has 2 atom stereocenters. The lowest BCUT2D eigenvalue weighted by Gasteiger charge is -2.34. The van der Waals surface area contributed by atoms with Gasteiger partial charge in [-0.05, 0) is 40.5 Å². The first kappa shape index (κ1) is 14.8. The molecular weight excluding hydrogens is 308 g/mol. The molecule has 1 heterocycles. The molecule has 19 heavy (non-hydrogen) atoms. The number of ether oxygens (including phenoxy) is 2. The number of nitrogens with two attached hydrogens (primary N) is 1. The van der Waals surface area contributed by atoms with Gasteiger partial charge >= 0.3 is 0 Å². The molecule has 0 aromatic heterocycles. The minimum absolute atomic E-state index is 0.0744. The summed E-state index contributed by atoms with van der Waals surface area (Å²) in [5.74, 6) is 0.860. The number of methoxy groups -OCH3 is 1. The summed E-state index contributed by atoms with van der Waals surface area (Å²) >= 11 is 3.52. The topological polar surface area (TPSA) is 47.7 Å². The molecule has 4 nitrogen and oxygen atoms in total. The second-order valence-electron chi connectivity index (χ2n) is 4.97. The molecule has 0 amide bonds. The molecule has 1 aliphatic rings. The van der Waals surface area contributed by atoms with Crippen LogP contribution in [0.2, 0.25) is 0 Å². The number of benzene rings is 1. The van der Waals surface area contributed by atoms with Crippen molar-refractivity contribution in [2.45, 2.75) is 25.6 Å². The molecule has 0 saturated carbocycles. The van der Waals surface area contributed by atoms with Crippen molar-refractivity contribution < 1.29 is 9.47 Å². The van der Waals surface area contributed by atoms with Gasteiger partial charge in [0.15, 0.2) is 0 Å². The fourth-order valence-corrected chi connectivity index (χ4v) is 2.85. The number of hydrogen-bond acceptors (Lipinski definition) is 4. The van der Waals surface area contributed by atoms with E-state index in [-0.39, 0.29) is 12.1 Å². The Labute approximate surface area is 123 Å². The summed E-state index contributed by atoms with van der Waals surface area (Å²) in [6, 6.07) is 6.27. The highest BCUT2D eigenvalue weighted by atomic mass is 79.9. The van der Waals surface area contributed by atoms with E-state index < -0.39 is 0 Å². The summed E-state index contributed by atoms with van der Waals surface area (Å²) < 4.78 is 11.9. The zero-order valence-corrected chi connectivity index (χ0v) is 13.0. The molecule has 2 unspecified atom stereocenters. The van der Waals surface area contributed by atoms with Crippen LogP contribution in [0.15, 0.2) is 22.7 Å². The maximum absolute atomic E-state index is 5.91. The lowest BCUT2D eigenvalue weighted by molar-refractivity contribution is -0.0403. The second kappa shape index (κ2) is 6.70. The highest BCUT2D eigenvalue weighted by Gasteiger charge is 2.23. The van der Waals surface area contributed by atoms with E-state index in [0.717, 1.165) is 36.5 Å². The molecular formula is C14H21BrN2O2. The van der Waals surface area contributed by atoms with Crippen molar-refractivity contribution in [2.24, 2.45) is 5.73 Å². The molecule has 0 spiro atoms. The van der Waals surface area contributed by atoms with Crippen molar-refractivity contribution in [3.63, 3.8) is 0 Å².